The average Bonchev–Trinajstić information content (AvgIpc) is 3.51. The first-order chi connectivity index (χ1) is 14.1. The second-order valence-corrected chi connectivity index (χ2v) is 9.22. The summed E-state index contributed by atoms with van der Waals surface area (Å²) < 4.78 is 13.8. The number of imidazole rings is 1. The molecule has 12 heteroatoms. The van der Waals surface area contributed by atoms with Crippen molar-refractivity contribution in [3.63, 3.8) is 0 Å². The number of nitrogens with zero attached hydrogens (tertiary/aromatic N) is 4. The van der Waals surface area contributed by atoms with Gasteiger partial charge in [0, 0.05) is 56.6 Å². The molecule has 5 rings (SSSR count). The molecule has 3 saturated heterocycles. The van der Waals surface area contributed by atoms with Gasteiger partial charge in [-0.3, -0.25) is 9.69 Å². The van der Waals surface area contributed by atoms with Gasteiger partial charge in [0.2, 0.25) is 11.9 Å². The van der Waals surface area contributed by atoms with Crippen LogP contribution in [0.25, 0.3) is 11.0 Å². The van der Waals surface area contributed by atoms with Gasteiger partial charge in [0.1, 0.15) is 5.82 Å². The number of halogens is 4. The number of nitrogens with one attached hydrogen (secondary N) is 2. The van der Waals surface area contributed by atoms with Crippen LogP contribution in [0.1, 0.15) is 12.0 Å². The molecule has 1 aromatic carbocycles. The number of hydrogen-bond acceptors (Lipinski definition) is 6. The van der Waals surface area contributed by atoms with Gasteiger partial charge in [-0.1, -0.05) is 0 Å². The first kappa shape index (κ1) is 27.3. The van der Waals surface area contributed by atoms with Gasteiger partial charge in [0.05, 0.1) is 23.0 Å². The van der Waals surface area contributed by atoms with Crippen LogP contribution in [0.2, 0.25) is 0 Å². The third-order valence-corrected chi connectivity index (χ3v) is 7.39. The van der Waals surface area contributed by atoms with E-state index < -0.39 is 0 Å². The van der Waals surface area contributed by atoms with Gasteiger partial charge in [-0.05, 0) is 25.5 Å². The zero-order chi connectivity index (χ0) is 20.0. The van der Waals surface area contributed by atoms with Crippen molar-refractivity contribution in [1.82, 2.24) is 25.1 Å². The molecule has 2 aromatic rings. The van der Waals surface area contributed by atoms with E-state index in [1.807, 2.05) is 16.7 Å². The van der Waals surface area contributed by atoms with Crippen LogP contribution in [0, 0.1) is 12.7 Å². The zero-order valence-corrected chi connectivity index (χ0v) is 21.1. The largest absolute Gasteiger partial charge is 0.340 e. The van der Waals surface area contributed by atoms with Crippen LogP contribution in [0.5, 0.6) is 0 Å². The summed E-state index contributed by atoms with van der Waals surface area (Å²) in [5.41, 5.74) is 2.18. The molecule has 7 nitrogen and oxygen atoms in total. The third-order valence-electron chi connectivity index (χ3n) is 6.43. The maximum absolute atomic E-state index is 13.8. The molecule has 4 heterocycles. The molecule has 2 atom stereocenters. The standard InChI is InChI=1S/C20H27FN6OS.3ClH/c1-13-15(21)2-3-16-18(13)24-20(23-16)26-6-4-25(5-7-26)14-10-17(22-11-14)19(28)27-8-9-29-12-27;;;/h2-3,14,17,22H,4-12H2,1H3,(H,23,24);3*1H/t14-,17-;;;/m0.../s1. The van der Waals surface area contributed by atoms with Gasteiger partial charge in [-0.25, -0.2) is 9.37 Å². The van der Waals surface area contributed by atoms with E-state index in [9.17, 15) is 9.18 Å². The molecule has 0 radical (unpaired) electrons. The van der Waals surface area contributed by atoms with Gasteiger partial charge >= 0.3 is 0 Å². The van der Waals surface area contributed by atoms with Crippen molar-refractivity contribution >= 4 is 71.9 Å². The van der Waals surface area contributed by atoms with Crippen molar-refractivity contribution < 1.29 is 9.18 Å². The van der Waals surface area contributed by atoms with E-state index in [0.717, 1.165) is 68.8 Å². The number of thioether (sulfide) groups is 1. The van der Waals surface area contributed by atoms with Crippen molar-refractivity contribution in [2.45, 2.75) is 25.4 Å². The Bertz CT molecular complexity index is 920. The van der Waals surface area contributed by atoms with Crippen LogP contribution >= 0.6 is 49.0 Å². The molecule has 0 saturated carbocycles. The Morgan fingerprint density at radius 3 is 2.59 bits per heavy atom. The van der Waals surface area contributed by atoms with E-state index in [-0.39, 0.29) is 55.0 Å². The Labute approximate surface area is 210 Å². The lowest BCUT2D eigenvalue weighted by Gasteiger charge is -2.37. The average molecular weight is 528 g/mol. The van der Waals surface area contributed by atoms with Crippen LogP contribution in [0.15, 0.2) is 12.1 Å². The summed E-state index contributed by atoms with van der Waals surface area (Å²) >= 11 is 1.83. The second-order valence-electron chi connectivity index (χ2n) is 8.14. The summed E-state index contributed by atoms with van der Waals surface area (Å²) in [6, 6.07) is 3.62. The highest BCUT2D eigenvalue weighted by molar-refractivity contribution is 7.99. The third kappa shape index (κ3) is 5.23. The van der Waals surface area contributed by atoms with Crippen LogP contribution in [0.4, 0.5) is 10.3 Å². The number of anilines is 1. The van der Waals surface area contributed by atoms with Crippen molar-refractivity contribution in [2.75, 3.05) is 55.8 Å². The lowest BCUT2D eigenvalue weighted by Crippen LogP contribution is -2.51. The van der Waals surface area contributed by atoms with Crippen molar-refractivity contribution in [2.24, 2.45) is 0 Å². The fourth-order valence-electron chi connectivity index (χ4n) is 4.62. The highest BCUT2D eigenvalue weighted by Crippen LogP contribution is 2.25. The van der Waals surface area contributed by atoms with E-state index in [1.54, 1.807) is 13.0 Å². The number of piperazine rings is 1. The van der Waals surface area contributed by atoms with E-state index in [1.165, 1.54) is 6.07 Å². The van der Waals surface area contributed by atoms with Crippen molar-refractivity contribution in [3.05, 3.63) is 23.5 Å². The minimum Gasteiger partial charge on any atom is -0.340 e. The second kappa shape index (κ2) is 11.4. The molecule has 3 fully saturated rings. The minimum atomic E-state index is -0.217. The van der Waals surface area contributed by atoms with Gasteiger partial charge < -0.3 is 20.1 Å². The molecular formula is C20H30Cl3FN6OS. The van der Waals surface area contributed by atoms with Gasteiger partial charge in [0.25, 0.3) is 0 Å². The van der Waals surface area contributed by atoms with E-state index >= 15 is 0 Å². The zero-order valence-electron chi connectivity index (χ0n) is 17.9. The molecular weight excluding hydrogens is 498 g/mol. The molecule has 0 spiro atoms. The predicted octanol–water partition coefficient (Wildman–Crippen LogP) is 2.66. The molecule has 32 heavy (non-hydrogen) atoms. The van der Waals surface area contributed by atoms with Gasteiger partial charge in [0.15, 0.2) is 0 Å². The number of aromatic nitrogens is 2. The normalized spacial score (nSPS) is 23.6. The number of aromatic amines is 1. The topological polar surface area (TPSA) is 67.5 Å². The highest BCUT2D eigenvalue weighted by Gasteiger charge is 2.36. The fourth-order valence-corrected chi connectivity index (χ4v) is 5.57. The molecule has 1 aromatic heterocycles. The van der Waals surface area contributed by atoms with Crippen LogP contribution < -0.4 is 10.2 Å². The van der Waals surface area contributed by atoms with Crippen molar-refractivity contribution in [3.8, 4) is 0 Å². The summed E-state index contributed by atoms with van der Waals surface area (Å²) in [4.78, 5) is 27.3. The molecule has 180 valence electrons. The van der Waals surface area contributed by atoms with Gasteiger partial charge in [-0.2, -0.15) is 0 Å². The summed E-state index contributed by atoms with van der Waals surface area (Å²) in [6.07, 6.45) is 0.892. The predicted molar refractivity (Wildman–Crippen MR) is 136 cm³/mol. The first-order valence-corrected chi connectivity index (χ1v) is 11.5. The fraction of sp³-hybridized carbons (Fsp3) is 0.600. The van der Waals surface area contributed by atoms with Crippen molar-refractivity contribution in [1.29, 1.82) is 0 Å². The Morgan fingerprint density at radius 1 is 1.16 bits per heavy atom. The van der Waals surface area contributed by atoms with Gasteiger partial charge in [-0.15, -0.1) is 49.0 Å². The maximum Gasteiger partial charge on any atom is 0.240 e. The summed E-state index contributed by atoms with van der Waals surface area (Å²) in [5, 5.41) is 3.44. The molecule has 0 aliphatic carbocycles. The Kier molecular flexibility index (Phi) is 9.75. The Hall–Kier alpha value is -0.970. The Morgan fingerprint density at radius 2 is 1.91 bits per heavy atom. The molecule has 0 bridgehead atoms. The summed E-state index contributed by atoms with van der Waals surface area (Å²) in [5.74, 6) is 2.75. The van der Waals surface area contributed by atoms with Crippen LogP contribution in [-0.4, -0.2) is 88.7 Å². The van der Waals surface area contributed by atoms with E-state index in [0.29, 0.717) is 17.1 Å². The quantitative estimate of drug-likeness (QED) is 0.640. The smallest absolute Gasteiger partial charge is 0.240 e. The SMILES string of the molecule is Cc1c(F)ccc2[nH]c(N3CCN([C@@H]4CN[C@H](C(=O)N5CCSC5)C4)CC3)nc12.Cl.Cl.Cl. The number of benzene rings is 1. The van der Waals surface area contributed by atoms with E-state index in [2.05, 4.69) is 25.1 Å². The number of aryl methyl sites for hydroxylation is 1. The number of carbonyl (C=O) groups is 1. The number of carbonyl (C=O) groups excluding carboxylic acids is 1. The van der Waals surface area contributed by atoms with Crippen LogP contribution in [-0.2, 0) is 4.79 Å². The number of H-pyrrole nitrogens is 1. The van der Waals surface area contributed by atoms with Crippen LogP contribution in [0.3, 0.4) is 0 Å². The summed E-state index contributed by atoms with van der Waals surface area (Å²) in [7, 11) is 0. The van der Waals surface area contributed by atoms with E-state index in [4.69, 9.17) is 0 Å². The number of hydrogen-bond donors (Lipinski definition) is 2. The molecule has 1 amide bonds. The maximum atomic E-state index is 13.8. The minimum absolute atomic E-state index is 0. The monoisotopic (exact) mass is 526 g/mol. The lowest BCUT2D eigenvalue weighted by molar-refractivity contribution is -0.131. The number of rotatable bonds is 3. The molecule has 3 aliphatic heterocycles. The molecule has 3 aliphatic rings. The summed E-state index contributed by atoms with van der Waals surface area (Å²) in [6.45, 7) is 7.16. The first-order valence-electron chi connectivity index (χ1n) is 10.3. The number of fused-ring (bicyclic) bond motifs is 1. The Balaban J connectivity index is 0.00000121. The molecule has 2 N–H and O–H groups in total. The number of amides is 1. The lowest BCUT2D eigenvalue weighted by atomic mass is 10.1. The molecule has 0 unspecified atom stereocenters. The highest BCUT2D eigenvalue weighted by atomic mass is 35.5.